The molecule has 0 amide bonds. The van der Waals surface area contributed by atoms with Crippen molar-refractivity contribution < 1.29 is 34.1 Å². The summed E-state index contributed by atoms with van der Waals surface area (Å²) in [6.45, 7) is 3.93. The lowest BCUT2D eigenvalue weighted by Crippen LogP contribution is -2.17. The summed E-state index contributed by atoms with van der Waals surface area (Å²) < 4.78 is 10.00. The monoisotopic (exact) mass is 344 g/mol. The fraction of sp³-hybridized carbons (Fsp3) is 0.706. The van der Waals surface area contributed by atoms with E-state index in [9.17, 15) is 19.5 Å². The molecule has 0 rings (SSSR count). The van der Waals surface area contributed by atoms with Gasteiger partial charge in [0.2, 0.25) is 0 Å². The van der Waals surface area contributed by atoms with Crippen LogP contribution in [-0.2, 0) is 23.9 Å². The maximum absolute atomic E-state index is 11.2. The van der Waals surface area contributed by atoms with E-state index < -0.39 is 23.8 Å². The number of hydrogen-bond acceptors (Lipinski definition) is 5. The van der Waals surface area contributed by atoms with Crippen LogP contribution in [0, 0.1) is 5.92 Å². The van der Waals surface area contributed by atoms with Gasteiger partial charge in [-0.3, -0.25) is 9.59 Å². The standard InChI is InChI=1S/C17H28O7/c1-2-16(20)24-13-12-23-11-10-14(17(21)22)8-6-4-3-5-7-9-15(18)19/h2,14H,1,3-13H2,(H,18,19)(H,21,22). The van der Waals surface area contributed by atoms with Gasteiger partial charge in [0.05, 0.1) is 12.5 Å². The van der Waals surface area contributed by atoms with E-state index in [0.717, 1.165) is 31.8 Å². The van der Waals surface area contributed by atoms with Crippen molar-refractivity contribution in [3.05, 3.63) is 12.7 Å². The predicted molar refractivity (Wildman–Crippen MR) is 87.7 cm³/mol. The molecule has 0 aromatic rings. The second kappa shape index (κ2) is 14.7. The van der Waals surface area contributed by atoms with E-state index in [2.05, 4.69) is 6.58 Å². The molecule has 0 saturated carbocycles. The lowest BCUT2D eigenvalue weighted by molar-refractivity contribution is -0.143. The van der Waals surface area contributed by atoms with Gasteiger partial charge in [0.15, 0.2) is 0 Å². The number of unbranched alkanes of at least 4 members (excludes halogenated alkanes) is 4. The van der Waals surface area contributed by atoms with Crippen molar-refractivity contribution in [2.75, 3.05) is 19.8 Å². The summed E-state index contributed by atoms with van der Waals surface area (Å²) in [5, 5.41) is 17.7. The molecule has 0 spiro atoms. The van der Waals surface area contributed by atoms with Crippen LogP contribution in [0.3, 0.4) is 0 Å². The van der Waals surface area contributed by atoms with E-state index in [0.29, 0.717) is 25.9 Å². The highest BCUT2D eigenvalue weighted by molar-refractivity contribution is 5.81. The summed E-state index contributed by atoms with van der Waals surface area (Å²) in [6, 6.07) is 0. The van der Waals surface area contributed by atoms with E-state index in [-0.39, 0.29) is 19.6 Å². The van der Waals surface area contributed by atoms with E-state index in [1.165, 1.54) is 0 Å². The number of esters is 1. The molecule has 24 heavy (non-hydrogen) atoms. The zero-order chi connectivity index (χ0) is 18.2. The van der Waals surface area contributed by atoms with Gasteiger partial charge in [-0.15, -0.1) is 0 Å². The smallest absolute Gasteiger partial charge is 0.330 e. The van der Waals surface area contributed by atoms with E-state index >= 15 is 0 Å². The third-order valence-electron chi connectivity index (χ3n) is 3.54. The normalized spacial score (nSPS) is 11.7. The number of aliphatic carboxylic acids is 2. The second-order valence-electron chi connectivity index (χ2n) is 5.51. The molecule has 0 aliphatic rings. The largest absolute Gasteiger partial charge is 0.481 e. The molecule has 0 aliphatic heterocycles. The Morgan fingerprint density at radius 3 is 2.21 bits per heavy atom. The number of carbonyl (C=O) groups excluding carboxylic acids is 1. The summed E-state index contributed by atoms with van der Waals surface area (Å²) in [6.07, 6.45) is 6.43. The third kappa shape index (κ3) is 13.8. The minimum atomic E-state index is -0.831. The van der Waals surface area contributed by atoms with Crippen molar-refractivity contribution in [1.82, 2.24) is 0 Å². The minimum Gasteiger partial charge on any atom is -0.481 e. The van der Waals surface area contributed by atoms with Crippen molar-refractivity contribution in [2.45, 2.75) is 51.4 Å². The van der Waals surface area contributed by atoms with Crippen LogP contribution in [0.15, 0.2) is 12.7 Å². The quantitative estimate of drug-likeness (QED) is 0.251. The molecule has 0 saturated heterocycles. The van der Waals surface area contributed by atoms with E-state index in [4.69, 9.17) is 14.6 Å². The first-order valence-electron chi connectivity index (χ1n) is 8.29. The van der Waals surface area contributed by atoms with E-state index in [1.807, 2.05) is 0 Å². The first-order valence-corrected chi connectivity index (χ1v) is 8.29. The molecule has 2 N–H and O–H groups in total. The topological polar surface area (TPSA) is 110 Å². The molecule has 7 heteroatoms. The Morgan fingerprint density at radius 2 is 1.58 bits per heavy atom. The number of ether oxygens (including phenoxy) is 2. The van der Waals surface area contributed by atoms with Gasteiger partial charge in [0, 0.05) is 19.1 Å². The van der Waals surface area contributed by atoms with Crippen LogP contribution in [0.2, 0.25) is 0 Å². The van der Waals surface area contributed by atoms with Crippen molar-refractivity contribution in [2.24, 2.45) is 5.92 Å². The molecule has 138 valence electrons. The molecule has 0 aromatic heterocycles. The van der Waals surface area contributed by atoms with Gasteiger partial charge in [0.25, 0.3) is 0 Å². The van der Waals surface area contributed by atoms with Crippen molar-refractivity contribution in [1.29, 1.82) is 0 Å². The van der Waals surface area contributed by atoms with Gasteiger partial charge in [-0.2, -0.15) is 0 Å². The Labute approximate surface area is 142 Å². The summed E-state index contributed by atoms with van der Waals surface area (Å²) in [5.74, 6) is -2.56. The second-order valence-corrected chi connectivity index (χ2v) is 5.51. The van der Waals surface area contributed by atoms with Crippen molar-refractivity contribution in [3.8, 4) is 0 Å². The molecule has 0 aliphatic carbocycles. The predicted octanol–water partition coefficient (Wildman–Crippen LogP) is 2.64. The minimum absolute atomic E-state index is 0.124. The molecule has 0 aromatic carbocycles. The van der Waals surface area contributed by atoms with Crippen LogP contribution in [-0.4, -0.2) is 47.9 Å². The lowest BCUT2D eigenvalue weighted by Gasteiger charge is -2.12. The zero-order valence-electron chi connectivity index (χ0n) is 14.1. The molecule has 1 unspecified atom stereocenters. The highest BCUT2D eigenvalue weighted by Crippen LogP contribution is 2.16. The van der Waals surface area contributed by atoms with Gasteiger partial charge >= 0.3 is 17.9 Å². The summed E-state index contributed by atoms with van der Waals surface area (Å²) in [4.78, 5) is 32.3. The summed E-state index contributed by atoms with van der Waals surface area (Å²) >= 11 is 0. The van der Waals surface area contributed by atoms with Crippen molar-refractivity contribution >= 4 is 17.9 Å². The molecule has 1 atom stereocenters. The number of rotatable bonds is 16. The SMILES string of the molecule is C=CC(=O)OCCOCCC(CCCCCCCC(=O)O)C(=O)O. The third-order valence-corrected chi connectivity index (χ3v) is 3.54. The van der Waals surface area contributed by atoms with Crippen LogP contribution in [0.1, 0.15) is 51.4 Å². The van der Waals surface area contributed by atoms with Gasteiger partial charge in [0.1, 0.15) is 6.61 Å². The maximum atomic E-state index is 11.2. The highest BCUT2D eigenvalue weighted by Gasteiger charge is 2.16. The van der Waals surface area contributed by atoms with Crippen molar-refractivity contribution in [3.63, 3.8) is 0 Å². The molecular weight excluding hydrogens is 316 g/mol. The Kier molecular flexibility index (Phi) is 13.5. The summed E-state index contributed by atoms with van der Waals surface area (Å²) in [7, 11) is 0. The van der Waals surface area contributed by atoms with Crippen LogP contribution >= 0.6 is 0 Å². The maximum Gasteiger partial charge on any atom is 0.330 e. The fourth-order valence-corrected chi connectivity index (χ4v) is 2.18. The Bertz CT molecular complexity index is 392. The zero-order valence-corrected chi connectivity index (χ0v) is 14.1. The number of hydrogen-bond donors (Lipinski definition) is 2. The first kappa shape index (κ1) is 22.1. The van der Waals surface area contributed by atoms with Gasteiger partial charge in [-0.25, -0.2) is 4.79 Å². The first-order chi connectivity index (χ1) is 11.5. The van der Waals surface area contributed by atoms with E-state index in [1.54, 1.807) is 0 Å². The average Bonchev–Trinajstić information content (AvgIpc) is 2.54. The van der Waals surface area contributed by atoms with Crippen LogP contribution in [0.25, 0.3) is 0 Å². The van der Waals surface area contributed by atoms with Gasteiger partial charge in [-0.1, -0.05) is 32.3 Å². The van der Waals surface area contributed by atoms with Crippen LogP contribution in [0.4, 0.5) is 0 Å². The number of carboxylic acid groups (broad SMARTS) is 2. The summed E-state index contributed by atoms with van der Waals surface area (Å²) in [5.41, 5.74) is 0. The Morgan fingerprint density at radius 1 is 0.917 bits per heavy atom. The molecule has 0 radical (unpaired) electrons. The van der Waals surface area contributed by atoms with Gasteiger partial charge in [-0.05, 0) is 19.3 Å². The highest BCUT2D eigenvalue weighted by atomic mass is 16.6. The molecule has 0 heterocycles. The number of carboxylic acids is 2. The Hall–Kier alpha value is -1.89. The molecular formula is C17H28O7. The fourth-order valence-electron chi connectivity index (χ4n) is 2.18. The number of carbonyl (C=O) groups is 3. The Balaban J connectivity index is 3.64. The lowest BCUT2D eigenvalue weighted by atomic mass is 9.97. The molecule has 0 fully saturated rings. The van der Waals surface area contributed by atoms with Gasteiger partial charge < -0.3 is 19.7 Å². The average molecular weight is 344 g/mol. The van der Waals surface area contributed by atoms with Crippen LogP contribution < -0.4 is 0 Å². The molecule has 7 nitrogen and oxygen atoms in total. The molecule has 0 bridgehead atoms. The van der Waals surface area contributed by atoms with Crippen LogP contribution in [0.5, 0.6) is 0 Å².